The number of halogens is 2. The van der Waals surface area contributed by atoms with Crippen molar-refractivity contribution in [2.45, 2.75) is 18.9 Å². The van der Waals surface area contributed by atoms with E-state index in [9.17, 15) is 18.4 Å². The first-order valence-electron chi connectivity index (χ1n) is 8.30. The molecule has 2 heterocycles. The van der Waals surface area contributed by atoms with Crippen LogP contribution in [0.5, 0.6) is 0 Å². The van der Waals surface area contributed by atoms with E-state index < -0.39 is 29.5 Å². The van der Waals surface area contributed by atoms with Crippen molar-refractivity contribution in [2.75, 3.05) is 7.05 Å². The minimum atomic E-state index is -1.17. The molecular weight excluding hydrogens is 374 g/mol. The molecule has 0 spiro atoms. The van der Waals surface area contributed by atoms with E-state index in [2.05, 4.69) is 20.8 Å². The van der Waals surface area contributed by atoms with Gasteiger partial charge >= 0.3 is 0 Å². The minimum absolute atomic E-state index is 0.0586. The lowest BCUT2D eigenvalue weighted by molar-refractivity contribution is -0.128. The number of nitrogens with zero attached hydrogens (tertiary/aromatic N) is 2. The molecule has 2 N–H and O–H groups in total. The Labute approximate surface area is 157 Å². The van der Waals surface area contributed by atoms with Gasteiger partial charge in [0, 0.05) is 19.9 Å². The highest BCUT2D eigenvalue weighted by Crippen LogP contribution is 2.18. The second-order valence-electron chi connectivity index (χ2n) is 5.78. The molecule has 2 amide bonds. The largest absolute Gasteiger partial charge is 0.461 e. The molecule has 146 valence electrons. The van der Waals surface area contributed by atoms with Crippen LogP contribution in [-0.4, -0.2) is 29.0 Å². The number of carbonyl (C=O) groups excluding carboxylic acids is 2. The molecule has 1 atom stereocenters. The molecule has 0 aliphatic rings. The second-order valence-corrected chi connectivity index (χ2v) is 5.78. The van der Waals surface area contributed by atoms with Crippen LogP contribution in [0.4, 0.5) is 8.78 Å². The zero-order valence-corrected chi connectivity index (χ0v) is 14.7. The number of hydrogen-bond acceptors (Lipinski definition) is 6. The number of carbonyl (C=O) groups is 2. The fourth-order valence-electron chi connectivity index (χ4n) is 2.45. The summed E-state index contributed by atoms with van der Waals surface area (Å²) >= 11 is 0. The summed E-state index contributed by atoms with van der Waals surface area (Å²) in [5.41, 5.74) is 0.115. The van der Waals surface area contributed by atoms with Gasteiger partial charge in [-0.25, -0.2) is 8.78 Å². The maximum atomic E-state index is 13.5. The third-order valence-electron chi connectivity index (χ3n) is 3.87. The third-order valence-corrected chi connectivity index (χ3v) is 3.87. The normalized spacial score (nSPS) is 11.8. The number of aryl methyl sites for hydroxylation is 1. The van der Waals surface area contributed by atoms with E-state index in [-0.39, 0.29) is 30.1 Å². The molecule has 0 fully saturated rings. The molecule has 0 aliphatic carbocycles. The molecule has 0 saturated heterocycles. The van der Waals surface area contributed by atoms with E-state index in [1.54, 1.807) is 12.1 Å². The maximum absolute atomic E-state index is 13.5. The van der Waals surface area contributed by atoms with Gasteiger partial charge in [-0.1, -0.05) is 11.2 Å². The van der Waals surface area contributed by atoms with Gasteiger partial charge in [0.1, 0.15) is 6.04 Å². The topological polar surface area (TPSA) is 110 Å². The zero-order valence-electron chi connectivity index (χ0n) is 14.7. The van der Waals surface area contributed by atoms with Crippen molar-refractivity contribution in [1.82, 2.24) is 20.8 Å². The summed E-state index contributed by atoms with van der Waals surface area (Å²) in [6.45, 7) is 0. The molecule has 8 nitrogen and oxygen atoms in total. The molecule has 3 rings (SSSR count). The van der Waals surface area contributed by atoms with Crippen LogP contribution in [0.3, 0.4) is 0 Å². The van der Waals surface area contributed by atoms with Gasteiger partial charge in [-0.15, -0.1) is 0 Å². The van der Waals surface area contributed by atoms with E-state index in [1.807, 2.05) is 0 Å². The lowest BCUT2D eigenvalue weighted by Gasteiger charge is -2.17. The molecule has 10 heteroatoms. The fraction of sp³-hybridized carbons (Fsp3) is 0.222. The van der Waals surface area contributed by atoms with Crippen molar-refractivity contribution in [3.8, 4) is 11.6 Å². The van der Waals surface area contributed by atoms with Crippen molar-refractivity contribution >= 4 is 11.8 Å². The van der Waals surface area contributed by atoms with Gasteiger partial charge in [0.15, 0.2) is 17.4 Å². The van der Waals surface area contributed by atoms with Gasteiger partial charge in [0.2, 0.25) is 23.5 Å². The van der Waals surface area contributed by atoms with E-state index in [4.69, 9.17) is 8.94 Å². The number of likely N-dealkylation sites (N-methyl/N-ethyl adjacent to an activating group) is 1. The summed E-state index contributed by atoms with van der Waals surface area (Å²) in [6, 6.07) is 5.15. The number of hydrogen-bond donors (Lipinski definition) is 2. The molecule has 0 saturated carbocycles. The SMILES string of the molecule is CNC(=O)C(NC(=O)CCc1nc(-c2ccco2)no1)c1ccc(F)c(F)c1. The first-order chi connectivity index (χ1) is 13.5. The Bertz CT molecular complexity index is 972. The highest BCUT2D eigenvalue weighted by Gasteiger charge is 2.23. The Kier molecular flexibility index (Phi) is 5.78. The van der Waals surface area contributed by atoms with Crippen LogP contribution in [-0.2, 0) is 16.0 Å². The summed E-state index contributed by atoms with van der Waals surface area (Å²) in [6.07, 6.45) is 1.53. The first kappa shape index (κ1) is 19.2. The molecule has 1 unspecified atom stereocenters. The molecule has 0 radical (unpaired) electrons. The fourth-order valence-corrected chi connectivity index (χ4v) is 2.45. The zero-order chi connectivity index (χ0) is 20.1. The van der Waals surface area contributed by atoms with Crippen LogP contribution in [0, 0.1) is 11.6 Å². The smallest absolute Gasteiger partial charge is 0.246 e. The van der Waals surface area contributed by atoms with Crippen molar-refractivity contribution in [2.24, 2.45) is 0 Å². The molecule has 0 bridgehead atoms. The molecule has 3 aromatic rings. The lowest BCUT2D eigenvalue weighted by Crippen LogP contribution is -2.39. The average Bonchev–Trinajstić information content (AvgIpc) is 3.37. The molecule has 1 aromatic carbocycles. The first-order valence-corrected chi connectivity index (χ1v) is 8.30. The van der Waals surface area contributed by atoms with Crippen LogP contribution < -0.4 is 10.6 Å². The van der Waals surface area contributed by atoms with Crippen LogP contribution in [0.25, 0.3) is 11.6 Å². The lowest BCUT2D eigenvalue weighted by atomic mass is 10.1. The summed E-state index contributed by atoms with van der Waals surface area (Å²) in [7, 11) is 1.37. The van der Waals surface area contributed by atoms with Gasteiger partial charge in [-0.3, -0.25) is 9.59 Å². The highest BCUT2D eigenvalue weighted by molar-refractivity contribution is 5.88. The van der Waals surface area contributed by atoms with Crippen LogP contribution in [0.2, 0.25) is 0 Å². The van der Waals surface area contributed by atoms with Gasteiger partial charge in [-0.2, -0.15) is 4.98 Å². The summed E-state index contributed by atoms with van der Waals surface area (Å²) in [4.78, 5) is 28.4. The number of furan rings is 1. The van der Waals surface area contributed by atoms with Crippen LogP contribution >= 0.6 is 0 Å². The Morgan fingerprint density at radius 3 is 2.71 bits per heavy atom. The third kappa shape index (κ3) is 4.40. The van der Waals surface area contributed by atoms with E-state index in [1.165, 1.54) is 19.4 Å². The van der Waals surface area contributed by atoms with E-state index in [0.29, 0.717) is 5.76 Å². The second kappa shape index (κ2) is 8.42. The molecule has 0 aliphatic heterocycles. The predicted octanol–water partition coefficient (Wildman–Crippen LogP) is 2.14. The van der Waals surface area contributed by atoms with Crippen molar-refractivity contribution in [1.29, 1.82) is 0 Å². The number of aromatic nitrogens is 2. The Balaban J connectivity index is 1.64. The monoisotopic (exact) mass is 390 g/mol. The molecular formula is C18H16F2N4O4. The molecule has 2 aromatic heterocycles. The Morgan fingerprint density at radius 2 is 2.04 bits per heavy atom. The van der Waals surface area contributed by atoms with Gasteiger partial charge in [0.05, 0.1) is 6.26 Å². The maximum Gasteiger partial charge on any atom is 0.246 e. The highest BCUT2D eigenvalue weighted by atomic mass is 19.2. The standard InChI is InChI=1S/C18H16F2N4O4/c1-21-18(26)16(10-4-5-11(19)12(20)9-10)22-14(25)6-7-15-23-17(24-28-15)13-3-2-8-27-13/h2-5,8-9,16H,6-7H2,1H3,(H,21,26)(H,22,25). The van der Waals surface area contributed by atoms with Gasteiger partial charge in [-0.05, 0) is 29.8 Å². The Morgan fingerprint density at radius 1 is 1.21 bits per heavy atom. The summed E-state index contributed by atoms with van der Waals surface area (Å²) in [5.74, 6) is -2.34. The number of rotatable bonds is 7. The average molecular weight is 390 g/mol. The predicted molar refractivity (Wildman–Crippen MR) is 91.6 cm³/mol. The van der Waals surface area contributed by atoms with Crippen molar-refractivity contribution < 1.29 is 27.3 Å². The van der Waals surface area contributed by atoms with E-state index >= 15 is 0 Å². The van der Waals surface area contributed by atoms with Gasteiger partial charge < -0.3 is 19.6 Å². The number of amides is 2. The minimum Gasteiger partial charge on any atom is -0.461 e. The van der Waals surface area contributed by atoms with Crippen molar-refractivity contribution in [3.63, 3.8) is 0 Å². The van der Waals surface area contributed by atoms with Crippen LogP contribution in [0.15, 0.2) is 45.5 Å². The number of benzene rings is 1. The molecule has 28 heavy (non-hydrogen) atoms. The van der Waals surface area contributed by atoms with Crippen LogP contribution in [0.1, 0.15) is 23.9 Å². The quantitative estimate of drug-likeness (QED) is 0.640. The van der Waals surface area contributed by atoms with Gasteiger partial charge in [0.25, 0.3) is 0 Å². The summed E-state index contributed by atoms with van der Waals surface area (Å²) < 4.78 is 36.8. The Hall–Kier alpha value is -3.56. The van der Waals surface area contributed by atoms with E-state index in [0.717, 1.165) is 12.1 Å². The van der Waals surface area contributed by atoms with Crippen molar-refractivity contribution in [3.05, 3.63) is 59.7 Å². The number of nitrogens with one attached hydrogen (secondary N) is 2. The summed E-state index contributed by atoms with van der Waals surface area (Å²) in [5, 5.41) is 8.61.